The number of benzene rings is 2. The van der Waals surface area contributed by atoms with Gasteiger partial charge in [0.05, 0.1) is 20.8 Å². The molecule has 0 aliphatic carbocycles. The minimum Gasteiger partial charge on any atom is -0.461 e. The highest BCUT2D eigenvalue weighted by molar-refractivity contribution is 7.22. The van der Waals surface area contributed by atoms with Crippen LogP contribution in [-0.2, 0) is 0 Å². The highest BCUT2D eigenvalue weighted by atomic mass is 35.5. The smallest absolute Gasteiger partial charge is 0.319 e. The average molecular weight is 651 g/mol. The van der Waals surface area contributed by atoms with E-state index in [2.05, 4.69) is 19.9 Å². The molecule has 0 saturated carbocycles. The minimum atomic E-state index is -2.81. The highest BCUT2D eigenvalue weighted by Gasteiger charge is 2.51. The van der Waals surface area contributed by atoms with Crippen LogP contribution in [0.3, 0.4) is 0 Å². The third kappa shape index (κ3) is 4.40. The predicted molar refractivity (Wildman–Crippen MR) is 160 cm³/mol. The zero-order valence-electron chi connectivity index (χ0n) is 23.4. The number of rotatable bonds is 5. The largest absolute Gasteiger partial charge is 0.461 e. The van der Waals surface area contributed by atoms with Crippen molar-refractivity contribution in [1.29, 1.82) is 0 Å². The van der Waals surface area contributed by atoms with Gasteiger partial charge in [0.25, 0.3) is 5.92 Å². The first-order valence-electron chi connectivity index (χ1n) is 14.7. The number of anilines is 2. The monoisotopic (exact) mass is 650 g/mol. The number of fused-ring (bicyclic) bond motifs is 5. The van der Waals surface area contributed by atoms with Gasteiger partial charge in [0.15, 0.2) is 10.9 Å². The molecule has 4 saturated heterocycles. The minimum absolute atomic E-state index is 0.00288. The molecular formula is C30H28ClF5N6OS. The Bertz CT molecular complexity index is 1810. The van der Waals surface area contributed by atoms with E-state index in [-0.39, 0.29) is 73.7 Å². The molecule has 2 N–H and O–H groups in total. The molecule has 6 heterocycles. The lowest BCUT2D eigenvalue weighted by molar-refractivity contribution is -0.0358. The number of ether oxygens (including phenoxy) is 1. The van der Waals surface area contributed by atoms with Crippen LogP contribution in [0, 0.1) is 11.6 Å². The van der Waals surface area contributed by atoms with E-state index in [9.17, 15) is 17.6 Å². The summed E-state index contributed by atoms with van der Waals surface area (Å²) in [6.45, 7) is 1.22. The molecule has 4 aromatic rings. The molecule has 8 rings (SSSR count). The summed E-state index contributed by atoms with van der Waals surface area (Å²) < 4.78 is 81.2. The molecular weight excluding hydrogens is 623 g/mol. The Kier molecular flexibility index (Phi) is 6.45. The topological polar surface area (TPSA) is 80.4 Å². The molecule has 2 bridgehead atoms. The number of alkyl halides is 3. The molecule has 0 unspecified atom stereocenters. The molecule has 4 atom stereocenters. The van der Waals surface area contributed by atoms with Crippen molar-refractivity contribution in [1.82, 2.24) is 19.9 Å². The standard InChI is InChI=1S/C30H28ClF5N6OS/c31-19-8-18-23(22(34)21(19)17-4-5-20(33)25-24(17)38-27(37)44-25)39-28(43-13-29-6-1-7-41(29)12-14(32)9-29)40-26(18)42-15-2-3-16(42)11-30(35,36)10-15/h4-5,8,14-16H,1-3,6-7,9-13H2,(H2,37,38)/t14-,15-,16+,29+/m1/s1. The number of aromatic nitrogens is 3. The predicted octanol–water partition coefficient (Wildman–Crippen LogP) is 7.14. The van der Waals surface area contributed by atoms with Crippen molar-refractivity contribution in [2.45, 2.75) is 74.7 Å². The second kappa shape index (κ2) is 9.98. The van der Waals surface area contributed by atoms with Crippen LogP contribution in [0.2, 0.25) is 5.02 Å². The zero-order valence-corrected chi connectivity index (χ0v) is 25.0. The van der Waals surface area contributed by atoms with Gasteiger partial charge in [-0.15, -0.1) is 0 Å². The third-order valence-corrected chi connectivity index (χ3v) is 11.0. The van der Waals surface area contributed by atoms with E-state index < -0.39 is 41.4 Å². The molecule has 0 spiro atoms. The third-order valence-electron chi connectivity index (χ3n) is 9.79. The van der Waals surface area contributed by atoms with Crippen molar-refractivity contribution in [3.63, 3.8) is 0 Å². The van der Waals surface area contributed by atoms with Gasteiger partial charge in [0.2, 0.25) is 0 Å². The lowest BCUT2D eigenvalue weighted by atomic mass is 9.95. The van der Waals surface area contributed by atoms with E-state index in [0.717, 1.165) is 30.7 Å². The SMILES string of the molecule is Nc1nc2c(-c3c(Cl)cc4c(N5[C@@H]6CC[C@H]5CC(F)(F)C6)nc(OC[C@@]56CCCN5C[C@H](F)C6)nc4c3F)ccc(F)c2s1. The Morgan fingerprint density at radius 2 is 1.84 bits per heavy atom. The summed E-state index contributed by atoms with van der Waals surface area (Å²) >= 11 is 7.68. The van der Waals surface area contributed by atoms with E-state index in [1.165, 1.54) is 18.2 Å². The van der Waals surface area contributed by atoms with Crippen molar-refractivity contribution >= 4 is 55.0 Å². The Hall–Kier alpha value is -3.03. The number of hydrogen-bond donors (Lipinski definition) is 1. The van der Waals surface area contributed by atoms with Crippen LogP contribution in [-0.4, -0.2) is 69.3 Å². The van der Waals surface area contributed by atoms with Gasteiger partial charge in [0.1, 0.15) is 29.9 Å². The fraction of sp³-hybridized carbons (Fsp3) is 0.500. The van der Waals surface area contributed by atoms with Crippen molar-refractivity contribution in [3.8, 4) is 17.1 Å². The second-order valence-corrected chi connectivity index (χ2v) is 14.0. The van der Waals surface area contributed by atoms with Crippen molar-refractivity contribution in [2.24, 2.45) is 0 Å². The number of hydrogen-bond acceptors (Lipinski definition) is 8. The summed E-state index contributed by atoms with van der Waals surface area (Å²) in [5.74, 6) is -3.88. The summed E-state index contributed by atoms with van der Waals surface area (Å²) in [7, 11) is 0. The highest BCUT2D eigenvalue weighted by Crippen LogP contribution is 2.49. The van der Waals surface area contributed by atoms with Gasteiger partial charge in [-0.1, -0.05) is 22.9 Å². The maximum absolute atomic E-state index is 16.7. The molecule has 4 fully saturated rings. The van der Waals surface area contributed by atoms with Crippen LogP contribution in [0.25, 0.3) is 32.2 Å². The van der Waals surface area contributed by atoms with E-state index in [1.807, 2.05) is 4.90 Å². The maximum Gasteiger partial charge on any atom is 0.319 e. The molecule has 232 valence electrons. The van der Waals surface area contributed by atoms with Gasteiger partial charge in [0, 0.05) is 54.4 Å². The fourth-order valence-corrected chi connectivity index (χ4v) is 9.05. The van der Waals surface area contributed by atoms with Gasteiger partial charge in [-0.2, -0.15) is 9.97 Å². The number of nitrogens with zero attached hydrogens (tertiary/aromatic N) is 5. The van der Waals surface area contributed by atoms with Gasteiger partial charge in [-0.25, -0.2) is 26.9 Å². The molecule has 14 heteroatoms. The molecule has 0 amide bonds. The van der Waals surface area contributed by atoms with E-state index in [0.29, 0.717) is 25.8 Å². The zero-order chi connectivity index (χ0) is 30.5. The molecule has 4 aliphatic rings. The van der Waals surface area contributed by atoms with Crippen molar-refractivity contribution < 1.29 is 26.7 Å². The molecule has 2 aromatic heterocycles. The van der Waals surface area contributed by atoms with Crippen LogP contribution < -0.4 is 15.4 Å². The Labute approximate surface area is 258 Å². The molecule has 4 aliphatic heterocycles. The van der Waals surface area contributed by atoms with Crippen molar-refractivity contribution in [3.05, 3.63) is 34.9 Å². The Balaban J connectivity index is 1.28. The summed E-state index contributed by atoms with van der Waals surface area (Å²) in [4.78, 5) is 17.3. The summed E-state index contributed by atoms with van der Waals surface area (Å²) in [6, 6.07) is 2.98. The Morgan fingerprint density at radius 1 is 1.07 bits per heavy atom. The molecule has 44 heavy (non-hydrogen) atoms. The number of piperidine rings is 1. The average Bonchev–Trinajstić information content (AvgIpc) is 3.69. The summed E-state index contributed by atoms with van der Waals surface area (Å²) in [5, 5.41) is 0.374. The second-order valence-electron chi connectivity index (χ2n) is 12.5. The first-order chi connectivity index (χ1) is 21.0. The number of halogens is 6. The molecule has 7 nitrogen and oxygen atoms in total. The van der Waals surface area contributed by atoms with E-state index >= 15 is 4.39 Å². The quantitative estimate of drug-likeness (QED) is 0.230. The normalized spacial score (nSPS) is 28.0. The van der Waals surface area contributed by atoms with Crippen LogP contribution in [0.1, 0.15) is 44.9 Å². The van der Waals surface area contributed by atoms with Crippen LogP contribution >= 0.6 is 22.9 Å². The number of thiazole rings is 1. The van der Waals surface area contributed by atoms with Gasteiger partial charge in [-0.05, 0) is 50.4 Å². The maximum atomic E-state index is 16.7. The summed E-state index contributed by atoms with van der Waals surface area (Å²) in [5.41, 5.74) is 5.61. The van der Waals surface area contributed by atoms with Gasteiger partial charge >= 0.3 is 6.01 Å². The summed E-state index contributed by atoms with van der Waals surface area (Å²) in [6.07, 6.45) is 1.44. The van der Waals surface area contributed by atoms with Crippen LogP contribution in [0.4, 0.5) is 32.9 Å². The lowest BCUT2D eigenvalue weighted by Gasteiger charge is -2.40. The molecule has 0 radical (unpaired) electrons. The van der Waals surface area contributed by atoms with Crippen LogP contribution in [0.5, 0.6) is 6.01 Å². The van der Waals surface area contributed by atoms with Crippen molar-refractivity contribution in [2.75, 3.05) is 30.3 Å². The Morgan fingerprint density at radius 3 is 2.61 bits per heavy atom. The first-order valence-corrected chi connectivity index (χ1v) is 15.9. The first kappa shape index (κ1) is 28.4. The lowest BCUT2D eigenvalue weighted by Crippen LogP contribution is -2.48. The number of nitrogens with two attached hydrogens (primary N) is 1. The van der Waals surface area contributed by atoms with E-state index in [1.54, 1.807) is 0 Å². The molecule has 2 aromatic carbocycles. The van der Waals surface area contributed by atoms with Gasteiger partial charge < -0.3 is 15.4 Å². The van der Waals surface area contributed by atoms with Gasteiger partial charge in [-0.3, -0.25) is 4.90 Å². The van der Waals surface area contributed by atoms with Crippen LogP contribution in [0.15, 0.2) is 18.2 Å². The number of nitrogen functional groups attached to an aromatic ring is 1. The fourth-order valence-electron chi connectivity index (χ4n) is 7.99. The van der Waals surface area contributed by atoms with E-state index in [4.69, 9.17) is 22.1 Å².